The van der Waals surface area contributed by atoms with Crippen LogP contribution in [0.3, 0.4) is 0 Å². The third kappa shape index (κ3) is 6.18. The summed E-state index contributed by atoms with van der Waals surface area (Å²) in [6.45, 7) is 3.00. The van der Waals surface area contributed by atoms with Gasteiger partial charge < -0.3 is 15.0 Å². The maximum absolute atomic E-state index is 12.6. The number of benzene rings is 2. The minimum Gasteiger partial charge on any atom is -0.378 e. The van der Waals surface area contributed by atoms with Crippen molar-refractivity contribution < 1.29 is 17.9 Å². The highest BCUT2D eigenvalue weighted by Crippen LogP contribution is 2.18. The normalized spacial score (nSPS) is 14.2. The Labute approximate surface area is 193 Å². The molecule has 1 fully saturated rings. The molecule has 33 heavy (non-hydrogen) atoms. The summed E-state index contributed by atoms with van der Waals surface area (Å²) < 4.78 is 33.2. The zero-order valence-corrected chi connectivity index (χ0v) is 18.7. The lowest BCUT2D eigenvalue weighted by atomic mass is 10.2. The van der Waals surface area contributed by atoms with E-state index in [1.165, 1.54) is 18.2 Å². The van der Waals surface area contributed by atoms with E-state index < -0.39 is 10.0 Å². The van der Waals surface area contributed by atoms with Crippen LogP contribution < -0.4 is 14.9 Å². The molecule has 2 N–H and O–H groups in total. The van der Waals surface area contributed by atoms with Gasteiger partial charge in [0.2, 0.25) is 5.91 Å². The zero-order chi connectivity index (χ0) is 23.1. The van der Waals surface area contributed by atoms with Crippen molar-refractivity contribution in [2.75, 3.05) is 41.2 Å². The molecule has 0 bridgehead atoms. The summed E-state index contributed by atoms with van der Waals surface area (Å²) in [7, 11) is -3.74. The number of amides is 1. The van der Waals surface area contributed by atoms with E-state index in [9.17, 15) is 13.2 Å². The maximum Gasteiger partial charge on any atom is 0.261 e. The fourth-order valence-electron chi connectivity index (χ4n) is 3.31. The first-order valence-electron chi connectivity index (χ1n) is 10.5. The van der Waals surface area contributed by atoms with Crippen molar-refractivity contribution in [3.8, 4) is 0 Å². The van der Waals surface area contributed by atoms with E-state index in [1.807, 2.05) is 12.1 Å². The predicted octanol–water partition coefficient (Wildman–Crippen LogP) is 3.37. The third-order valence-corrected chi connectivity index (χ3v) is 6.38. The number of rotatable bonds is 7. The number of ether oxygens (including phenoxy) is 1. The number of para-hydroxylation sites is 1. The van der Waals surface area contributed by atoms with Crippen molar-refractivity contribution in [1.29, 1.82) is 0 Å². The van der Waals surface area contributed by atoms with Crippen LogP contribution in [0.15, 0.2) is 83.9 Å². The van der Waals surface area contributed by atoms with E-state index in [4.69, 9.17) is 4.74 Å². The molecule has 1 aromatic heterocycles. The van der Waals surface area contributed by atoms with Crippen molar-refractivity contribution in [1.82, 2.24) is 4.98 Å². The predicted molar refractivity (Wildman–Crippen MR) is 129 cm³/mol. The molecule has 9 heteroatoms. The van der Waals surface area contributed by atoms with Crippen LogP contribution in [-0.2, 0) is 19.6 Å². The standard InChI is InChI=1S/C24H24N4O4S/c29-24(26-23-11-10-21(18-25-23)28-13-15-32-16-14-28)12-9-19-5-4-8-22(17-19)33(30,31)27-20-6-2-1-3-7-20/h1-12,17-18,27H,13-16H2,(H,25,26,29)/b12-9+. The molecule has 2 aromatic carbocycles. The second kappa shape index (κ2) is 10.3. The second-order valence-electron chi connectivity index (χ2n) is 7.37. The molecule has 3 aromatic rings. The third-order valence-electron chi connectivity index (χ3n) is 5.00. The molecule has 4 rings (SSSR count). The van der Waals surface area contributed by atoms with Gasteiger partial charge >= 0.3 is 0 Å². The molecule has 0 saturated carbocycles. The average molecular weight is 465 g/mol. The first-order valence-corrected chi connectivity index (χ1v) is 11.9. The van der Waals surface area contributed by atoms with E-state index in [2.05, 4.69) is 19.9 Å². The lowest BCUT2D eigenvalue weighted by molar-refractivity contribution is -0.111. The largest absolute Gasteiger partial charge is 0.378 e. The molecule has 8 nitrogen and oxygen atoms in total. The molecular weight excluding hydrogens is 440 g/mol. The van der Waals surface area contributed by atoms with E-state index in [-0.39, 0.29) is 10.8 Å². The quantitative estimate of drug-likeness (QED) is 0.520. The fraction of sp³-hybridized carbons (Fsp3) is 0.167. The van der Waals surface area contributed by atoms with Crippen molar-refractivity contribution in [2.24, 2.45) is 0 Å². The van der Waals surface area contributed by atoms with Gasteiger partial charge in [0.1, 0.15) is 5.82 Å². The number of sulfonamides is 1. The van der Waals surface area contributed by atoms with Gasteiger partial charge in [-0.05, 0) is 48.0 Å². The van der Waals surface area contributed by atoms with Crippen LogP contribution in [0.1, 0.15) is 5.56 Å². The van der Waals surface area contributed by atoms with E-state index in [0.717, 1.165) is 18.8 Å². The monoisotopic (exact) mass is 464 g/mol. The number of carbonyl (C=O) groups is 1. The maximum atomic E-state index is 12.6. The summed E-state index contributed by atoms with van der Waals surface area (Å²) in [5, 5.41) is 2.71. The van der Waals surface area contributed by atoms with Crippen LogP contribution in [0.2, 0.25) is 0 Å². The summed E-state index contributed by atoms with van der Waals surface area (Å²) in [4.78, 5) is 18.9. The number of nitrogens with zero attached hydrogens (tertiary/aromatic N) is 2. The van der Waals surface area contributed by atoms with Gasteiger partial charge in [-0.15, -0.1) is 0 Å². The molecule has 2 heterocycles. The molecule has 1 saturated heterocycles. The SMILES string of the molecule is O=C(/C=C/c1cccc(S(=O)(=O)Nc2ccccc2)c1)Nc1ccc(N2CCOCC2)cn1. The highest BCUT2D eigenvalue weighted by atomic mass is 32.2. The van der Waals surface area contributed by atoms with Gasteiger partial charge in [0.05, 0.1) is 30.0 Å². The van der Waals surface area contributed by atoms with E-state index >= 15 is 0 Å². The Kier molecular flexibility index (Phi) is 7.01. The zero-order valence-electron chi connectivity index (χ0n) is 17.8. The lowest BCUT2D eigenvalue weighted by Crippen LogP contribution is -2.36. The molecular formula is C24H24N4O4S. The number of anilines is 3. The number of hydrogen-bond acceptors (Lipinski definition) is 6. The number of aromatic nitrogens is 1. The van der Waals surface area contributed by atoms with Gasteiger partial charge in [-0.3, -0.25) is 9.52 Å². The average Bonchev–Trinajstić information content (AvgIpc) is 2.84. The smallest absolute Gasteiger partial charge is 0.261 e. The Morgan fingerprint density at radius 1 is 1.00 bits per heavy atom. The minimum absolute atomic E-state index is 0.106. The first kappa shape index (κ1) is 22.5. The molecule has 0 aliphatic carbocycles. The topological polar surface area (TPSA) is 101 Å². The molecule has 0 atom stereocenters. The van der Waals surface area contributed by atoms with Crippen LogP contribution in [0.25, 0.3) is 6.08 Å². The van der Waals surface area contributed by atoms with Crippen molar-refractivity contribution >= 4 is 39.2 Å². The summed E-state index contributed by atoms with van der Waals surface area (Å²) in [6, 6.07) is 18.7. The van der Waals surface area contributed by atoms with Crippen molar-refractivity contribution in [2.45, 2.75) is 4.90 Å². The number of pyridine rings is 1. The molecule has 1 aliphatic rings. The molecule has 0 spiro atoms. The molecule has 0 unspecified atom stereocenters. The van der Waals surface area contributed by atoms with Crippen LogP contribution >= 0.6 is 0 Å². The number of morpholine rings is 1. The molecule has 0 radical (unpaired) electrons. The summed E-state index contributed by atoms with van der Waals surface area (Å²) in [5.74, 6) is 0.0716. The van der Waals surface area contributed by atoms with Crippen molar-refractivity contribution in [3.63, 3.8) is 0 Å². The van der Waals surface area contributed by atoms with E-state index in [1.54, 1.807) is 54.7 Å². The van der Waals surface area contributed by atoms with Gasteiger partial charge in [-0.1, -0.05) is 30.3 Å². The summed E-state index contributed by atoms with van der Waals surface area (Å²) >= 11 is 0. The van der Waals surface area contributed by atoms with E-state index in [0.29, 0.717) is 30.3 Å². The number of carbonyl (C=O) groups excluding carboxylic acids is 1. The Morgan fingerprint density at radius 2 is 1.79 bits per heavy atom. The van der Waals surface area contributed by atoms with Crippen LogP contribution in [-0.4, -0.2) is 45.6 Å². The number of nitrogens with one attached hydrogen (secondary N) is 2. The number of hydrogen-bond donors (Lipinski definition) is 2. The first-order chi connectivity index (χ1) is 16.0. The van der Waals surface area contributed by atoms with Gasteiger partial charge in [0.15, 0.2) is 0 Å². The van der Waals surface area contributed by atoms with Crippen LogP contribution in [0.5, 0.6) is 0 Å². The van der Waals surface area contributed by atoms with Gasteiger partial charge in [-0.25, -0.2) is 13.4 Å². The van der Waals surface area contributed by atoms with Gasteiger partial charge in [0, 0.05) is 24.9 Å². The van der Waals surface area contributed by atoms with Crippen LogP contribution in [0, 0.1) is 0 Å². The summed E-state index contributed by atoms with van der Waals surface area (Å²) in [6.07, 6.45) is 4.62. The molecule has 1 aliphatic heterocycles. The minimum atomic E-state index is -3.74. The Bertz CT molecular complexity index is 1220. The lowest BCUT2D eigenvalue weighted by Gasteiger charge is -2.28. The van der Waals surface area contributed by atoms with Crippen molar-refractivity contribution in [3.05, 3.63) is 84.6 Å². The second-order valence-corrected chi connectivity index (χ2v) is 9.05. The highest BCUT2D eigenvalue weighted by molar-refractivity contribution is 7.92. The highest BCUT2D eigenvalue weighted by Gasteiger charge is 2.14. The molecule has 170 valence electrons. The van der Waals surface area contributed by atoms with Crippen LogP contribution in [0.4, 0.5) is 17.2 Å². The molecule has 1 amide bonds. The Hall–Kier alpha value is -3.69. The fourth-order valence-corrected chi connectivity index (χ4v) is 4.43. The Balaban J connectivity index is 1.38. The Morgan fingerprint density at radius 3 is 2.52 bits per heavy atom. The summed E-state index contributed by atoms with van der Waals surface area (Å²) in [5.41, 5.74) is 2.04. The van der Waals surface area contributed by atoms with Gasteiger partial charge in [0.25, 0.3) is 10.0 Å². The van der Waals surface area contributed by atoms with Gasteiger partial charge in [-0.2, -0.15) is 0 Å².